The van der Waals surface area contributed by atoms with Crippen molar-refractivity contribution in [1.29, 1.82) is 0 Å². The summed E-state index contributed by atoms with van der Waals surface area (Å²) in [5, 5.41) is 3.33. The summed E-state index contributed by atoms with van der Waals surface area (Å²) in [6.07, 6.45) is 2.03. The first-order chi connectivity index (χ1) is 8.63. The van der Waals surface area contributed by atoms with Crippen LogP contribution in [0.2, 0.25) is 0 Å². The third-order valence-electron chi connectivity index (χ3n) is 2.84. The van der Waals surface area contributed by atoms with Crippen LogP contribution in [-0.4, -0.2) is 16.7 Å². The van der Waals surface area contributed by atoms with Crippen molar-refractivity contribution in [2.45, 2.75) is 27.3 Å². The summed E-state index contributed by atoms with van der Waals surface area (Å²) in [7, 11) is 1.67. The van der Waals surface area contributed by atoms with Crippen LogP contribution in [-0.2, 0) is 6.54 Å². The molecule has 0 unspecified atom stereocenters. The highest BCUT2D eigenvalue weighted by Crippen LogP contribution is 2.28. The van der Waals surface area contributed by atoms with Gasteiger partial charge in [0, 0.05) is 12.7 Å². The fourth-order valence-electron chi connectivity index (χ4n) is 1.93. The standard InChI is InChI=1S/C14H19N3O/c1-5-17-9-11(3)15-14(17)16-12-8-10(2)6-7-13(12)18-4/h6-9H,5H2,1-4H3,(H,15,16). The molecule has 0 spiro atoms. The molecule has 0 aliphatic heterocycles. The van der Waals surface area contributed by atoms with Gasteiger partial charge in [0.1, 0.15) is 5.75 Å². The van der Waals surface area contributed by atoms with Gasteiger partial charge in [0.25, 0.3) is 0 Å². The second-order valence-electron chi connectivity index (χ2n) is 4.32. The Morgan fingerprint density at radius 3 is 2.78 bits per heavy atom. The maximum Gasteiger partial charge on any atom is 0.207 e. The van der Waals surface area contributed by atoms with E-state index in [0.29, 0.717) is 0 Å². The molecule has 1 aromatic heterocycles. The van der Waals surface area contributed by atoms with Crippen molar-refractivity contribution in [2.24, 2.45) is 0 Å². The molecular weight excluding hydrogens is 226 g/mol. The van der Waals surface area contributed by atoms with Gasteiger partial charge in [-0.15, -0.1) is 0 Å². The molecule has 0 fully saturated rings. The Bertz CT molecular complexity index is 546. The van der Waals surface area contributed by atoms with Gasteiger partial charge in [-0.25, -0.2) is 4.98 Å². The monoisotopic (exact) mass is 245 g/mol. The second-order valence-corrected chi connectivity index (χ2v) is 4.32. The van der Waals surface area contributed by atoms with Crippen molar-refractivity contribution in [3.8, 4) is 5.75 Å². The van der Waals surface area contributed by atoms with E-state index in [9.17, 15) is 0 Å². The molecule has 1 N–H and O–H groups in total. The quantitative estimate of drug-likeness (QED) is 0.898. The molecule has 2 rings (SSSR count). The zero-order valence-electron chi connectivity index (χ0n) is 11.3. The number of hydrogen-bond donors (Lipinski definition) is 1. The molecule has 1 aromatic carbocycles. The van der Waals surface area contributed by atoms with Gasteiger partial charge >= 0.3 is 0 Å². The van der Waals surface area contributed by atoms with Crippen LogP contribution >= 0.6 is 0 Å². The van der Waals surface area contributed by atoms with Crippen molar-refractivity contribution >= 4 is 11.6 Å². The lowest BCUT2D eigenvalue weighted by Crippen LogP contribution is -2.02. The number of benzene rings is 1. The SMILES string of the molecule is CCn1cc(C)nc1Nc1cc(C)ccc1OC. The van der Waals surface area contributed by atoms with E-state index in [2.05, 4.69) is 34.8 Å². The average molecular weight is 245 g/mol. The summed E-state index contributed by atoms with van der Waals surface area (Å²) in [5.74, 6) is 1.67. The zero-order chi connectivity index (χ0) is 13.1. The lowest BCUT2D eigenvalue weighted by Gasteiger charge is -2.12. The lowest BCUT2D eigenvalue weighted by atomic mass is 10.2. The number of aromatic nitrogens is 2. The Labute approximate surface area is 108 Å². The molecule has 0 radical (unpaired) electrons. The number of ether oxygens (including phenoxy) is 1. The van der Waals surface area contributed by atoms with Gasteiger partial charge in [-0.3, -0.25) is 0 Å². The smallest absolute Gasteiger partial charge is 0.207 e. The molecule has 1 heterocycles. The molecule has 0 aliphatic carbocycles. The molecular formula is C14H19N3O. The zero-order valence-corrected chi connectivity index (χ0v) is 11.3. The molecule has 4 heteroatoms. The maximum absolute atomic E-state index is 5.35. The Morgan fingerprint density at radius 1 is 1.33 bits per heavy atom. The van der Waals surface area contributed by atoms with E-state index in [-0.39, 0.29) is 0 Å². The highest BCUT2D eigenvalue weighted by Gasteiger charge is 2.08. The van der Waals surface area contributed by atoms with Gasteiger partial charge in [0.15, 0.2) is 0 Å². The highest BCUT2D eigenvalue weighted by molar-refractivity contribution is 5.64. The minimum atomic E-state index is 0.823. The van der Waals surface area contributed by atoms with Gasteiger partial charge in [-0.05, 0) is 38.5 Å². The second kappa shape index (κ2) is 5.12. The number of hydrogen-bond acceptors (Lipinski definition) is 3. The molecule has 18 heavy (non-hydrogen) atoms. The summed E-state index contributed by atoms with van der Waals surface area (Å²) in [5.41, 5.74) is 3.13. The number of rotatable bonds is 4. The summed E-state index contributed by atoms with van der Waals surface area (Å²) in [6, 6.07) is 6.05. The molecule has 2 aromatic rings. The fourth-order valence-corrected chi connectivity index (χ4v) is 1.93. The fraction of sp³-hybridized carbons (Fsp3) is 0.357. The van der Waals surface area contributed by atoms with Crippen LogP contribution < -0.4 is 10.1 Å². The summed E-state index contributed by atoms with van der Waals surface area (Å²) < 4.78 is 7.43. The summed E-state index contributed by atoms with van der Waals surface area (Å²) in [6.45, 7) is 7.03. The Kier molecular flexibility index (Phi) is 3.55. The number of anilines is 2. The predicted molar refractivity (Wildman–Crippen MR) is 73.7 cm³/mol. The molecule has 0 saturated carbocycles. The topological polar surface area (TPSA) is 39.1 Å². The van der Waals surface area contributed by atoms with E-state index < -0.39 is 0 Å². The molecule has 0 atom stereocenters. The molecule has 0 bridgehead atoms. The number of nitrogens with one attached hydrogen (secondary N) is 1. The number of imidazole rings is 1. The molecule has 4 nitrogen and oxygen atoms in total. The largest absolute Gasteiger partial charge is 0.495 e. The third kappa shape index (κ3) is 2.47. The number of aryl methyl sites for hydroxylation is 3. The highest BCUT2D eigenvalue weighted by atomic mass is 16.5. The van der Waals surface area contributed by atoms with Crippen molar-refractivity contribution in [2.75, 3.05) is 12.4 Å². The van der Waals surface area contributed by atoms with E-state index >= 15 is 0 Å². The van der Waals surface area contributed by atoms with Crippen molar-refractivity contribution in [3.05, 3.63) is 35.7 Å². The van der Waals surface area contributed by atoms with Gasteiger partial charge in [-0.1, -0.05) is 6.07 Å². The summed E-state index contributed by atoms with van der Waals surface area (Å²) >= 11 is 0. The maximum atomic E-state index is 5.35. The molecule has 0 aliphatic rings. The van der Waals surface area contributed by atoms with E-state index in [4.69, 9.17) is 4.74 Å². The van der Waals surface area contributed by atoms with Crippen LogP contribution in [0.1, 0.15) is 18.2 Å². The van der Waals surface area contributed by atoms with Gasteiger partial charge in [0.05, 0.1) is 18.5 Å². The Hall–Kier alpha value is -1.97. The minimum Gasteiger partial charge on any atom is -0.495 e. The van der Waals surface area contributed by atoms with Crippen molar-refractivity contribution in [3.63, 3.8) is 0 Å². The first-order valence-electron chi connectivity index (χ1n) is 6.09. The van der Waals surface area contributed by atoms with Gasteiger partial charge < -0.3 is 14.6 Å². The van der Waals surface area contributed by atoms with Gasteiger partial charge in [-0.2, -0.15) is 0 Å². The first kappa shape index (κ1) is 12.5. The van der Waals surface area contributed by atoms with Crippen molar-refractivity contribution < 1.29 is 4.74 Å². The van der Waals surface area contributed by atoms with Crippen molar-refractivity contribution in [1.82, 2.24) is 9.55 Å². The normalized spacial score (nSPS) is 10.4. The van der Waals surface area contributed by atoms with E-state index in [1.807, 2.05) is 25.3 Å². The van der Waals surface area contributed by atoms with E-state index in [1.165, 1.54) is 5.56 Å². The van der Waals surface area contributed by atoms with E-state index in [0.717, 1.165) is 29.6 Å². The van der Waals surface area contributed by atoms with Crippen LogP contribution in [0.15, 0.2) is 24.4 Å². The third-order valence-corrected chi connectivity index (χ3v) is 2.84. The van der Waals surface area contributed by atoms with Gasteiger partial charge in [0.2, 0.25) is 5.95 Å². The van der Waals surface area contributed by atoms with Crippen LogP contribution in [0.4, 0.5) is 11.6 Å². The Balaban J connectivity index is 2.35. The lowest BCUT2D eigenvalue weighted by molar-refractivity contribution is 0.416. The van der Waals surface area contributed by atoms with Crippen LogP contribution in [0.3, 0.4) is 0 Å². The average Bonchev–Trinajstić information content (AvgIpc) is 2.70. The minimum absolute atomic E-state index is 0.823. The van der Waals surface area contributed by atoms with Crippen LogP contribution in [0, 0.1) is 13.8 Å². The molecule has 0 amide bonds. The van der Waals surface area contributed by atoms with Crippen LogP contribution in [0.5, 0.6) is 5.75 Å². The number of methoxy groups -OCH3 is 1. The number of nitrogens with zero attached hydrogens (tertiary/aromatic N) is 2. The molecule has 0 saturated heterocycles. The summed E-state index contributed by atoms with van der Waals surface area (Å²) in [4.78, 5) is 4.48. The van der Waals surface area contributed by atoms with Crippen LogP contribution in [0.25, 0.3) is 0 Å². The first-order valence-corrected chi connectivity index (χ1v) is 6.09. The Morgan fingerprint density at radius 2 is 2.11 bits per heavy atom. The molecule has 96 valence electrons. The van der Waals surface area contributed by atoms with E-state index in [1.54, 1.807) is 7.11 Å². The predicted octanol–water partition coefficient (Wildman–Crippen LogP) is 3.27.